The third-order valence-corrected chi connectivity index (χ3v) is 6.27. The summed E-state index contributed by atoms with van der Waals surface area (Å²) in [6.07, 6.45) is -0.329. The molecule has 0 radical (unpaired) electrons. The first-order chi connectivity index (χ1) is 14.4. The van der Waals surface area contributed by atoms with Crippen LogP contribution in [0.25, 0.3) is 0 Å². The molecule has 0 aliphatic rings. The highest BCUT2D eigenvalue weighted by molar-refractivity contribution is 7.99. The van der Waals surface area contributed by atoms with Crippen LogP contribution < -0.4 is 10.1 Å². The first-order valence-corrected chi connectivity index (χ1v) is 11.4. The molecule has 0 spiro atoms. The number of aryl methyl sites for hydroxylation is 1. The van der Waals surface area contributed by atoms with Crippen molar-refractivity contribution in [3.8, 4) is 11.8 Å². The van der Waals surface area contributed by atoms with Crippen molar-refractivity contribution in [3.63, 3.8) is 0 Å². The summed E-state index contributed by atoms with van der Waals surface area (Å²) >= 11 is 8.62. The van der Waals surface area contributed by atoms with Gasteiger partial charge >= 0.3 is 0 Å². The van der Waals surface area contributed by atoms with Gasteiger partial charge in [0.05, 0.1) is 11.3 Å². The fourth-order valence-corrected chi connectivity index (χ4v) is 4.57. The molecule has 30 heavy (non-hydrogen) atoms. The highest BCUT2D eigenvalue weighted by Gasteiger charge is 2.20. The standard InChI is InChI=1S/C20H20ClN5O2S2/c1-4-26-18(13(3)28-16-6-5-15(21)9-12(16)2)24-25-20(26)30-11-17(27)23-19-14(10-22)7-8-29-19/h5-9,13H,4,11H2,1-3H3,(H,23,27). The Morgan fingerprint density at radius 1 is 1.43 bits per heavy atom. The van der Waals surface area contributed by atoms with Gasteiger partial charge in [-0.3, -0.25) is 4.79 Å². The average Bonchev–Trinajstić information content (AvgIpc) is 3.34. The number of ether oxygens (including phenoxy) is 1. The molecule has 0 saturated carbocycles. The summed E-state index contributed by atoms with van der Waals surface area (Å²) in [5.41, 5.74) is 1.40. The first kappa shape index (κ1) is 22.2. The highest BCUT2D eigenvalue weighted by Crippen LogP contribution is 2.28. The average molecular weight is 462 g/mol. The van der Waals surface area contributed by atoms with Crippen LogP contribution in [0.2, 0.25) is 5.02 Å². The Kier molecular flexibility index (Phi) is 7.37. The van der Waals surface area contributed by atoms with Crippen molar-refractivity contribution in [2.24, 2.45) is 0 Å². The van der Waals surface area contributed by atoms with E-state index in [9.17, 15) is 4.79 Å². The normalized spacial score (nSPS) is 11.7. The molecule has 2 heterocycles. The molecule has 0 fully saturated rings. The van der Waals surface area contributed by atoms with Gasteiger partial charge in [-0.2, -0.15) is 5.26 Å². The predicted molar refractivity (Wildman–Crippen MR) is 119 cm³/mol. The predicted octanol–water partition coefficient (Wildman–Crippen LogP) is 5.06. The molecule has 0 bridgehead atoms. The van der Waals surface area contributed by atoms with E-state index < -0.39 is 0 Å². The van der Waals surface area contributed by atoms with E-state index in [-0.39, 0.29) is 17.8 Å². The number of thiophene rings is 1. The first-order valence-electron chi connectivity index (χ1n) is 9.19. The molecule has 1 amide bonds. The Bertz CT molecular complexity index is 1090. The van der Waals surface area contributed by atoms with Crippen LogP contribution in [0.1, 0.15) is 36.9 Å². The lowest BCUT2D eigenvalue weighted by Gasteiger charge is -2.17. The number of carbonyl (C=O) groups is 1. The molecule has 1 atom stereocenters. The minimum Gasteiger partial charge on any atom is -0.482 e. The number of hydrogen-bond acceptors (Lipinski definition) is 7. The maximum Gasteiger partial charge on any atom is 0.235 e. The van der Waals surface area contributed by atoms with Gasteiger partial charge in [0, 0.05) is 11.6 Å². The van der Waals surface area contributed by atoms with Crippen LogP contribution in [0, 0.1) is 18.3 Å². The third kappa shape index (κ3) is 5.14. The number of nitriles is 1. The highest BCUT2D eigenvalue weighted by atomic mass is 35.5. The number of aromatic nitrogens is 3. The van der Waals surface area contributed by atoms with Crippen molar-refractivity contribution in [2.75, 3.05) is 11.1 Å². The largest absolute Gasteiger partial charge is 0.482 e. The number of rotatable bonds is 8. The van der Waals surface area contributed by atoms with Gasteiger partial charge in [0.25, 0.3) is 0 Å². The van der Waals surface area contributed by atoms with Crippen LogP contribution in [0.5, 0.6) is 5.75 Å². The van der Waals surface area contributed by atoms with Crippen LogP contribution in [-0.4, -0.2) is 26.4 Å². The minimum absolute atomic E-state index is 0.159. The second kappa shape index (κ2) is 9.98. The van der Waals surface area contributed by atoms with E-state index in [1.165, 1.54) is 23.1 Å². The second-order valence-corrected chi connectivity index (χ2v) is 8.66. The van der Waals surface area contributed by atoms with Crippen LogP contribution in [0.3, 0.4) is 0 Å². The summed E-state index contributed by atoms with van der Waals surface area (Å²) in [6.45, 7) is 6.47. The van der Waals surface area contributed by atoms with Crippen LogP contribution in [-0.2, 0) is 11.3 Å². The van der Waals surface area contributed by atoms with Gasteiger partial charge < -0.3 is 14.6 Å². The van der Waals surface area contributed by atoms with E-state index in [2.05, 4.69) is 21.6 Å². The van der Waals surface area contributed by atoms with Crippen molar-refractivity contribution in [1.82, 2.24) is 14.8 Å². The monoisotopic (exact) mass is 461 g/mol. The summed E-state index contributed by atoms with van der Waals surface area (Å²) in [5, 5.41) is 23.9. The number of halogens is 1. The Morgan fingerprint density at radius 2 is 2.23 bits per heavy atom. The van der Waals surface area contributed by atoms with Gasteiger partial charge in [0.2, 0.25) is 5.91 Å². The van der Waals surface area contributed by atoms with Crippen molar-refractivity contribution in [1.29, 1.82) is 5.26 Å². The van der Waals surface area contributed by atoms with Gasteiger partial charge in [-0.05, 0) is 56.0 Å². The second-order valence-electron chi connectivity index (χ2n) is 6.37. The van der Waals surface area contributed by atoms with E-state index in [0.29, 0.717) is 33.1 Å². The fourth-order valence-electron chi connectivity index (χ4n) is 2.78. The number of nitrogens with one attached hydrogen (secondary N) is 1. The van der Waals surface area contributed by atoms with Gasteiger partial charge in [0.1, 0.15) is 16.8 Å². The lowest BCUT2D eigenvalue weighted by atomic mass is 10.2. The van der Waals surface area contributed by atoms with Crippen molar-refractivity contribution in [3.05, 3.63) is 51.6 Å². The molecule has 3 aromatic rings. The molecule has 1 N–H and O–H groups in total. The molecule has 156 valence electrons. The molecule has 1 unspecified atom stereocenters. The SMILES string of the molecule is CCn1c(SCC(=O)Nc2sccc2C#N)nnc1C(C)Oc1ccc(Cl)cc1C. The molecule has 0 aliphatic heterocycles. The quantitative estimate of drug-likeness (QED) is 0.471. The topological polar surface area (TPSA) is 92.8 Å². The number of benzene rings is 1. The third-order valence-electron chi connectivity index (χ3n) is 4.24. The van der Waals surface area contributed by atoms with E-state index >= 15 is 0 Å². The van der Waals surface area contributed by atoms with E-state index in [1.807, 2.05) is 37.5 Å². The number of amides is 1. The number of thioether (sulfide) groups is 1. The Labute approximate surface area is 188 Å². The van der Waals surface area contributed by atoms with Gasteiger partial charge in [-0.25, -0.2) is 0 Å². The van der Waals surface area contributed by atoms with Crippen molar-refractivity contribution < 1.29 is 9.53 Å². The molecule has 1 aromatic carbocycles. The van der Waals surface area contributed by atoms with Crippen LogP contribution in [0.4, 0.5) is 5.00 Å². The Balaban J connectivity index is 1.66. The Hall–Kier alpha value is -2.54. The zero-order valence-corrected chi connectivity index (χ0v) is 19.1. The van der Waals surface area contributed by atoms with Crippen LogP contribution in [0.15, 0.2) is 34.8 Å². The number of anilines is 1. The number of carbonyl (C=O) groups excluding carboxylic acids is 1. The van der Waals surface area contributed by atoms with Crippen molar-refractivity contribution in [2.45, 2.75) is 38.6 Å². The molecule has 0 saturated heterocycles. The van der Waals surface area contributed by atoms with Gasteiger partial charge in [0.15, 0.2) is 17.1 Å². The number of hydrogen-bond donors (Lipinski definition) is 1. The molecule has 0 aliphatic carbocycles. The molecule has 2 aromatic heterocycles. The van der Waals surface area contributed by atoms with E-state index in [4.69, 9.17) is 21.6 Å². The fraction of sp³-hybridized carbons (Fsp3) is 0.300. The maximum atomic E-state index is 12.3. The zero-order chi connectivity index (χ0) is 21.7. The molecule has 7 nitrogen and oxygen atoms in total. The number of nitrogens with zero attached hydrogens (tertiary/aromatic N) is 4. The minimum atomic E-state index is -0.329. The summed E-state index contributed by atoms with van der Waals surface area (Å²) in [7, 11) is 0. The van der Waals surface area contributed by atoms with Crippen molar-refractivity contribution >= 4 is 45.6 Å². The lowest BCUT2D eigenvalue weighted by Crippen LogP contribution is -2.15. The molecular formula is C20H20ClN5O2S2. The molecule has 3 rings (SSSR count). The summed E-state index contributed by atoms with van der Waals surface area (Å²) in [6, 6.07) is 9.20. The summed E-state index contributed by atoms with van der Waals surface area (Å²) in [5.74, 6) is 1.37. The van der Waals surface area contributed by atoms with Crippen LogP contribution >= 0.6 is 34.7 Å². The van der Waals surface area contributed by atoms with E-state index in [0.717, 1.165) is 11.3 Å². The smallest absolute Gasteiger partial charge is 0.235 e. The van der Waals surface area contributed by atoms with Gasteiger partial charge in [-0.1, -0.05) is 23.4 Å². The Morgan fingerprint density at radius 3 is 2.93 bits per heavy atom. The lowest BCUT2D eigenvalue weighted by molar-refractivity contribution is -0.113. The van der Waals surface area contributed by atoms with Gasteiger partial charge in [-0.15, -0.1) is 21.5 Å². The summed E-state index contributed by atoms with van der Waals surface area (Å²) in [4.78, 5) is 12.3. The molecular weight excluding hydrogens is 442 g/mol. The van der Waals surface area contributed by atoms with E-state index in [1.54, 1.807) is 17.5 Å². The zero-order valence-electron chi connectivity index (χ0n) is 16.7. The molecule has 10 heteroatoms. The summed E-state index contributed by atoms with van der Waals surface area (Å²) < 4.78 is 7.99. The maximum absolute atomic E-state index is 12.3.